The Balaban J connectivity index is 2.65. The van der Waals surface area contributed by atoms with Gasteiger partial charge in [-0.1, -0.05) is 6.92 Å². The number of esters is 1. The first-order valence-corrected chi connectivity index (χ1v) is 6.21. The van der Waals surface area contributed by atoms with Crippen LogP contribution in [0.15, 0.2) is 0 Å². The average Bonchev–Trinajstić information content (AvgIpc) is 2.28. The van der Waals surface area contributed by atoms with Crippen molar-refractivity contribution in [3.8, 4) is 0 Å². The lowest BCUT2D eigenvalue weighted by atomic mass is 9.74. The third-order valence-corrected chi connectivity index (χ3v) is 3.67. The summed E-state index contributed by atoms with van der Waals surface area (Å²) in [7, 11) is 1.29. The van der Waals surface area contributed by atoms with Crippen LogP contribution in [0.1, 0.15) is 39.0 Å². The molecule has 1 fully saturated rings. The molecule has 0 saturated heterocycles. The van der Waals surface area contributed by atoms with Crippen molar-refractivity contribution in [2.24, 2.45) is 5.92 Å². The minimum atomic E-state index is -4.12. The Hall–Kier alpha value is -0.780. The highest BCUT2D eigenvalue weighted by Crippen LogP contribution is 2.42. The molecule has 18 heavy (non-hydrogen) atoms. The van der Waals surface area contributed by atoms with E-state index < -0.39 is 17.6 Å². The Morgan fingerprint density at radius 3 is 2.33 bits per heavy atom. The molecule has 3 nitrogen and oxygen atoms in total. The summed E-state index contributed by atoms with van der Waals surface area (Å²) < 4.78 is 42.4. The number of halogens is 3. The highest BCUT2D eigenvalue weighted by atomic mass is 19.4. The van der Waals surface area contributed by atoms with Crippen molar-refractivity contribution in [3.63, 3.8) is 0 Å². The highest BCUT2D eigenvalue weighted by molar-refractivity contribution is 5.70. The van der Waals surface area contributed by atoms with Gasteiger partial charge in [0, 0.05) is 5.54 Å². The van der Waals surface area contributed by atoms with Gasteiger partial charge in [-0.25, -0.2) is 0 Å². The fourth-order valence-electron chi connectivity index (χ4n) is 2.64. The normalized spacial score (nSPS) is 29.1. The molecule has 0 bridgehead atoms. The summed E-state index contributed by atoms with van der Waals surface area (Å²) in [5.74, 6) is -1.61. The van der Waals surface area contributed by atoms with E-state index in [0.717, 1.165) is 0 Å². The van der Waals surface area contributed by atoms with Gasteiger partial charge in [-0.15, -0.1) is 0 Å². The standard InChI is InChI=1S/C12H20F3NO2/c1-3-16-11(8-10(17)18-2)6-4-9(5-7-11)12(13,14)15/h9,16H,3-8H2,1-2H3. The van der Waals surface area contributed by atoms with Gasteiger partial charge in [-0.3, -0.25) is 4.79 Å². The molecule has 1 rings (SSSR count). The van der Waals surface area contributed by atoms with Crippen molar-refractivity contribution < 1.29 is 22.7 Å². The van der Waals surface area contributed by atoms with Crippen LogP contribution in [-0.4, -0.2) is 31.3 Å². The van der Waals surface area contributed by atoms with Gasteiger partial charge in [0.25, 0.3) is 0 Å². The van der Waals surface area contributed by atoms with Gasteiger partial charge >= 0.3 is 12.1 Å². The molecule has 106 valence electrons. The molecule has 0 heterocycles. The van der Waals surface area contributed by atoms with Crippen LogP contribution < -0.4 is 5.32 Å². The molecule has 0 atom stereocenters. The van der Waals surface area contributed by atoms with Crippen LogP contribution in [0.25, 0.3) is 0 Å². The predicted molar refractivity (Wildman–Crippen MR) is 61.1 cm³/mol. The molecule has 1 saturated carbocycles. The van der Waals surface area contributed by atoms with E-state index in [9.17, 15) is 18.0 Å². The third-order valence-electron chi connectivity index (χ3n) is 3.67. The number of rotatable bonds is 4. The second-order valence-corrected chi connectivity index (χ2v) is 4.88. The van der Waals surface area contributed by atoms with Gasteiger partial charge in [0.05, 0.1) is 19.4 Å². The molecule has 1 N–H and O–H groups in total. The zero-order valence-electron chi connectivity index (χ0n) is 10.8. The first-order valence-electron chi connectivity index (χ1n) is 6.21. The van der Waals surface area contributed by atoms with Crippen molar-refractivity contribution >= 4 is 5.97 Å². The smallest absolute Gasteiger partial charge is 0.391 e. The van der Waals surface area contributed by atoms with Crippen LogP contribution in [0.4, 0.5) is 13.2 Å². The largest absolute Gasteiger partial charge is 0.469 e. The van der Waals surface area contributed by atoms with E-state index in [1.54, 1.807) is 0 Å². The van der Waals surface area contributed by atoms with E-state index in [4.69, 9.17) is 0 Å². The number of hydrogen-bond acceptors (Lipinski definition) is 3. The van der Waals surface area contributed by atoms with Crippen molar-refractivity contribution in [1.82, 2.24) is 5.32 Å². The highest BCUT2D eigenvalue weighted by Gasteiger charge is 2.46. The van der Waals surface area contributed by atoms with Crippen LogP contribution in [-0.2, 0) is 9.53 Å². The molecule has 6 heteroatoms. The number of methoxy groups -OCH3 is 1. The number of alkyl halides is 3. The number of hydrogen-bond donors (Lipinski definition) is 1. The van der Waals surface area contributed by atoms with Gasteiger partial charge in [-0.2, -0.15) is 13.2 Å². The Morgan fingerprint density at radius 1 is 1.39 bits per heavy atom. The van der Waals surface area contributed by atoms with E-state index >= 15 is 0 Å². The van der Waals surface area contributed by atoms with Crippen LogP contribution in [0, 0.1) is 5.92 Å². The summed E-state index contributed by atoms with van der Waals surface area (Å²) in [6.07, 6.45) is -3.10. The van der Waals surface area contributed by atoms with Gasteiger partial charge in [-0.05, 0) is 32.2 Å². The van der Waals surface area contributed by atoms with Crippen LogP contribution in [0.3, 0.4) is 0 Å². The molecule has 0 spiro atoms. The molecule has 0 radical (unpaired) electrons. The van der Waals surface area contributed by atoms with Gasteiger partial charge < -0.3 is 10.1 Å². The summed E-state index contributed by atoms with van der Waals surface area (Å²) in [6, 6.07) is 0. The zero-order chi connectivity index (χ0) is 13.8. The number of nitrogens with one attached hydrogen (secondary N) is 1. The van der Waals surface area contributed by atoms with Gasteiger partial charge in [0.1, 0.15) is 0 Å². The number of carbonyl (C=O) groups is 1. The Bertz CT molecular complexity index is 284. The average molecular weight is 267 g/mol. The van der Waals surface area contributed by atoms with Crippen molar-refractivity contribution in [1.29, 1.82) is 0 Å². The molecule has 0 amide bonds. The quantitative estimate of drug-likeness (QED) is 0.796. The lowest BCUT2D eigenvalue weighted by Gasteiger charge is -2.40. The fourth-order valence-corrected chi connectivity index (χ4v) is 2.64. The molecule has 1 aliphatic rings. The fraction of sp³-hybridized carbons (Fsp3) is 0.917. The van der Waals surface area contributed by atoms with Crippen LogP contribution in [0.2, 0.25) is 0 Å². The summed E-state index contributed by atoms with van der Waals surface area (Å²) in [5.41, 5.74) is -0.524. The molecular weight excluding hydrogens is 247 g/mol. The van der Waals surface area contributed by atoms with Crippen molar-refractivity contribution in [2.75, 3.05) is 13.7 Å². The minimum Gasteiger partial charge on any atom is -0.469 e. The van der Waals surface area contributed by atoms with Crippen LogP contribution >= 0.6 is 0 Å². The summed E-state index contributed by atoms with van der Waals surface area (Å²) in [6.45, 7) is 2.52. The van der Waals surface area contributed by atoms with Gasteiger partial charge in [0.2, 0.25) is 0 Å². The van der Waals surface area contributed by atoms with Crippen molar-refractivity contribution in [2.45, 2.75) is 50.7 Å². The maximum atomic E-state index is 12.6. The minimum absolute atomic E-state index is 0.0769. The molecular formula is C12H20F3NO2. The molecule has 0 unspecified atom stereocenters. The van der Waals surface area contributed by atoms with E-state index in [1.807, 2.05) is 6.92 Å². The van der Waals surface area contributed by atoms with E-state index in [2.05, 4.69) is 10.1 Å². The Kier molecular flexibility index (Phi) is 5.01. The summed E-state index contributed by atoms with van der Waals surface area (Å²) in [5, 5.41) is 3.17. The second-order valence-electron chi connectivity index (χ2n) is 4.88. The third kappa shape index (κ3) is 3.86. The zero-order valence-corrected chi connectivity index (χ0v) is 10.8. The second kappa shape index (κ2) is 5.91. The molecule has 0 aromatic rings. The monoisotopic (exact) mass is 267 g/mol. The maximum absolute atomic E-state index is 12.6. The first kappa shape index (κ1) is 15.3. The number of carbonyl (C=O) groups excluding carboxylic acids is 1. The lowest BCUT2D eigenvalue weighted by molar-refractivity contribution is -0.185. The number of ether oxygens (including phenoxy) is 1. The van der Waals surface area contributed by atoms with E-state index in [1.165, 1.54) is 7.11 Å². The van der Waals surface area contributed by atoms with E-state index in [-0.39, 0.29) is 25.2 Å². The summed E-state index contributed by atoms with van der Waals surface area (Å²) >= 11 is 0. The molecule has 0 aromatic heterocycles. The maximum Gasteiger partial charge on any atom is 0.391 e. The van der Waals surface area contributed by atoms with Crippen molar-refractivity contribution in [3.05, 3.63) is 0 Å². The predicted octanol–water partition coefficient (Wildman–Crippen LogP) is 2.65. The first-order chi connectivity index (χ1) is 8.33. The lowest BCUT2D eigenvalue weighted by Crippen LogP contribution is -2.50. The molecule has 0 aliphatic heterocycles. The molecule has 1 aliphatic carbocycles. The Morgan fingerprint density at radius 2 is 1.94 bits per heavy atom. The van der Waals surface area contributed by atoms with Gasteiger partial charge in [0.15, 0.2) is 0 Å². The topological polar surface area (TPSA) is 38.3 Å². The SMILES string of the molecule is CCNC1(CC(=O)OC)CCC(C(F)(F)F)CC1. The van der Waals surface area contributed by atoms with E-state index in [0.29, 0.717) is 19.4 Å². The molecule has 0 aromatic carbocycles. The summed E-state index contributed by atoms with van der Waals surface area (Å²) in [4.78, 5) is 11.4. The Labute approximate surface area is 105 Å². The van der Waals surface area contributed by atoms with Crippen LogP contribution in [0.5, 0.6) is 0 Å².